The number of rotatable bonds is 1. The van der Waals surface area contributed by atoms with Crippen molar-refractivity contribution in [3.63, 3.8) is 0 Å². The van der Waals surface area contributed by atoms with E-state index in [0.717, 1.165) is 27.7 Å². The van der Waals surface area contributed by atoms with Gasteiger partial charge in [0.2, 0.25) is 0 Å². The van der Waals surface area contributed by atoms with Gasteiger partial charge in [-0.2, -0.15) is 8.42 Å². The maximum atomic E-state index is 11.2. The first-order valence-corrected chi connectivity index (χ1v) is 7.76. The van der Waals surface area contributed by atoms with Gasteiger partial charge < -0.3 is 0 Å². The summed E-state index contributed by atoms with van der Waals surface area (Å²) in [6.07, 6.45) is 0. The van der Waals surface area contributed by atoms with Crippen molar-refractivity contribution in [2.24, 2.45) is 4.99 Å². The van der Waals surface area contributed by atoms with Gasteiger partial charge in [-0.3, -0.25) is 9.55 Å². The van der Waals surface area contributed by atoms with Crippen LogP contribution in [0.15, 0.2) is 40.2 Å². The molecule has 0 spiro atoms. The molecule has 2 aromatic carbocycles. The van der Waals surface area contributed by atoms with Crippen LogP contribution in [0, 0.1) is 0 Å². The Morgan fingerprint density at radius 3 is 2.43 bits per heavy atom. The first kappa shape index (κ1) is 16.6. The molecule has 1 N–H and O–H groups in total. The van der Waals surface area contributed by atoms with E-state index in [2.05, 4.69) is 18.8 Å². The summed E-state index contributed by atoms with van der Waals surface area (Å²) in [5, 5.41) is 1.76. The van der Waals surface area contributed by atoms with E-state index in [0.29, 0.717) is 0 Å². The average Bonchev–Trinajstić information content (AvgIpc) is 2.58. The average molecular weight is 313 g/mol. The summed E-state index contributed by atoms with van der Waals surface area (Å²) in [6.45, 7) is 6.21. The summed E-state index contributed by atoms with van der Waals surface area (Å²) in [4.78, 5) is 4.49. The normalized spacial score (nSPS) is 16.3. The van der Waals surface area contributed by atoms with Gasteiger partial charge in [0, 0.05) is 11.1 Å². The number of hydrogen-bond donors (Lipinski definition) is 1. The van der Waals surface area contributed by atoms with Gasteiger partial charge >= 0.3 is 29.6 Å². The summed E-state index contributed by atoms with van der Waals surface area (Å²) < 4.78 is 31.6. The molecule has 3 rings (SSSR count). The molecule has 2 aromatic rings. The Balaban J connectivity index is 0.00000161. The van der Waals surface area contributed by atoms with Crippen LogP contribution in [0.3, 0.4) is 0 Å². The summed E-state index contributed by atoms with van der Waals surface area (Å²) in [6, 6.07) is 8.40. The summed E-state index contributed by atoms with van der Waals surface area (Å²) >= 11 is 0. The third-order valence-corrected chi connectivity index (χ3v) is 4.93. The third-order valence-electron chi connectivity index (χ3n) is 4.08. The van der Waals surface area contributed by atoms with Gasteiger partial charge in [0.1, 0.15) is 0 Å². The third kappa shape index (κ3) is 2.58. The molecule has 0 saturated heterocycles. The van der Waals surface area contributed by atoms with E-state index in [4.69, 9.17) is 4.55 Å². The molecular formula is C15H16NNaO3S. The fraction of sp³-hybridized carbons (Fsp3) is 0.267. The van der Waals surface area contributed by atoms with Crippen molar-refractivity contribution in [1.29, 1.82) is 0 Å². The van der Waals surface area contributed by atoms with E-state index in [1.165, 1.54) is 12.1 Å². The minimum atomic E-state index is -4.18. The van der Waals surface area contributed by atoms with Crippen molar-refractivity contribution in [2.75, 3.05) is 0 Å². The van der Waals surface area contributed by atoms with Crippen LogP contribution >= 0.6 is 0 Å². The number of nitrogens with zero attached hydrogens (tertiary/aromatic N) is 1. The summed E-state index contributed by atoms with van der Waals surface area (Å²) in [5.74, 6) is 0. The van der Waals surface area contributed by atoms with Crippen LogP contribution in [-0.2, 0) is 15.5 Å². The molecule has 0 amide bonds. The number of aliphatic imine (C=N–C) groups is 1. The molecule has 6 heteroatoms. The minimum absolute atomic E-state index is 0. The molecule has 0 aliphatic carbocycles. The second-order valence-electron chi connectivity index (χ2n) is 5.64. The molecule has 1 aliphatic heterocycles. The Hall–Kier alpha value is -0.720. The van der Waals surface area contributed by atoms with Gasteiger partial charge in [-0.25, -0.2) is 0 Å². The SMILES string of the molecule is CC1=Nc2ccc3cc(S(=O)(=O)O)ccc3c2C1(C)C.[NaH]. The monoisotopic (exact) mass is 313 g/mol. The molecule has 0 saturated carbocycles. The van der Waals surface area contributed by atoms with Crippen LogP contribution in [0.2, 0.25) is 0 Å². The van der Waals surface area contributed by atoms with Crippen LogP contribution in [0.25, 0.3) is 10.8 Å². The van der Waals surface area contributed by atoms with E-state index in [9.17, 15) is 8.42 Å². The molecule has 0 aromatic heterocycles. The Bertz CT molecular complexity index is 870. The van der Waals surface area contributed by atoms with Crippen LogP contribution < -0.4 is 0 Å². The van der Waals surface area contributed by atoms with Crippen LogP contribution in [0.4, 0.5) is 5.69 Å². The molecule has 0 bridgehead atoms. The van der Waals surface area contributed by atoms with Crippen molar-refractivity contribution in [2.45, 2.75) is 31.1 Å². The number of benzene rings is 2. The zero-order valence-corrected chi connectivity index (χ0v) is 12.3. The Kier molecular flexibility index (Phi) is 4.10. The predicted molar refractivity (Wildman–Crippen MR) is 86.7 cm³/mol. The maximum absolute atomic E-state index is 11.2. The number of hydrogen-bond acceptors (Lipinski definition) is 3. The quantitative estimate of drug-likeness (QED) is 0.650. The van der Waals surface area contributed by atoms with Crippen molar-refractivity contribution in [3.05, 3.63) is 35.9 Å². The van der Waals surface area contributed by atoms with E-state index in [-0.39, 0.29) is 39.9 Å². The van der Waals surface area contributed by atoms with E-state index in [1.54, 1.807) is 6.07 Å². The van der Waals surface area contributed by atoms with E-state index >= 15 is 0 Å². The van der Waals surface area contributed by atoms with Gasteiger partial charge in [0.15, 0.2) is 0 Å². The van der Waals surface area contributed by atoms with Crippen molar-refractivity contribution in [1.82, 2.24) is 0 Å². The molecule has 0 atom stereocenters. The second kappa shape index (κ2) is 5.18. The van der Waals surface area contributed by atoms with Gasteiger partial charge in [-0.1, -0.05) is 26.0 Å². The Morgan fingerprint density at radius 1 is 1.14 bits per heavy atom. The molecule has 21 heavy (non-hydrogen) atoms. The Labute approximate surface area is 146 Å². The molecule has 4 nitrogen and oxygen atoms in total. The predicted octanol–water partition coefficient (Wildman–Crippen LogP) is 2.82. The summed E-state index contributed by atoms with van der Waals surface area (Å²) in [5.41, 5.74) is 2.90. The van der Waals surface area contributed by atoms with Crippen LogP contribution in [-0.4, -0.2) is 48.2 Å². The van der Waals surface area contributed by atoms with Gasteiger partial charge in [0.05, 0.1) is 10.6 Å². The first-order valence-electron chi connectivity index (χ1n) is 6.32. The number of fused-ring (bicyclic) bond motifs is 3. The topological polar surface area (TPSA) is 66.7 Å². The van der Waals surface area contributed by atoms with Gasteiger partial charge in [-0.05, 0) is 41.5 Å². The van der Waals surface area contributed by atoms with Crippen molar-refractivity contribution in [3.8, 4) is 0 Å². The van der Waals surface area contributed by atoms with Crippen LogP contribution in [0.5, 0.6) is 0 Å². The first-order chi connectivity index (χ1) is 9.21. The summed E-state index contributed by atoms with van der Waals surface area (Å²) in [7, 11) is -4.18. The zero-order chi connectivity index (χ0) is 14.7. The van der Waals surface area contributed by atoms with E-state index in [1.807, 2.05) is 19.1 Å². The molecule has 106 valence electrons. The molecule has 0 fully saturated rings. The van der Waals surface area contributed by atoms with Gasteiger partial charge in [-0.15, -0.1) is 0 Å². The van der Waals surface area contributed by atoms with Crippen LogP contribution in [0.1, 0.15) is 26.3 Å². The fourth-order valence-corrected chi connectivity index (χ4v) is 3.22. The molecule has 0 unspecified atom stereocenters. The van der Waals surface area contributed by atoms with Crippen molar-refractivity contribution < 1.29 is 13.0 Å². The molecular weight excluding hydrogens is 297 g/mol. The van der Waals surface area contributed by atoms with Gasteiger partial charge in [0.25, 0.3) is 10.1 Å². The Morgan fingerprint density at radius 2 is 1.81 bits per heavy atom. The fourth-order valence-electron chi connectivity index (χ4n) is 2.71. The zero-order valence-electron chi connectivity index (χ0n) is 11.5. The second-order valence-corrected chi connectivity index (χ2v) is 7.06. The van der Waals surface area contributed by atoms with Crippen molar-refractivity contribution >= 4 is 61.8 Å². The molecule has 1 aliphatic rings. The standard InChI is InChI=1S/C15H15NO3S.Na.H/c1-9-15(2,3)14-12-6-5-11(20(17,18)19)8-10(12)4-7-13(14)16-9;;/h4-8H,1-3H3,(H,17,18,19);;. The molecule has 1 heterocycles. The van der Waals surface area contributed by atoms with E-state index < -0.39 is 10.1 Å². The molecule has 0 radical (unpaired) electrons.